The molecule has 0 bridgehead atoms. The summed E-state index contributed by atoms with van der Waals surface area (Å²) in [5, 5.41) is 8.77. The number of hydrogen-bond donors (Lipinski definition) is 3. The van der Waals surface area contributed by atoms with Crippen LogP contribution in [0.4, 0.5) is 4.39 Å². The number of carbonyl (C=O) groups excluding carboxylic acids is 3. The van der Waals surface area contributed by atoms with Crippen molar-refractivity contribution in [2.24, 2.45) is 0 Å². The fourth-order valence-electron chi connectivity index (χ4n) is 4.05. The van der Waals surface area contributed by atoms with Gasteiger partial charge in [-0.3, -0.25) is 19.7 Å². The Morgan fingerprint density at radius 3 is 2.85 bits per heavy atom. The highest BCUT2D eigenvalue weighted by atomic mass is 19.1. The second-order valence-corrected chi connectivity index (χ2v) is 7.46. The van der Waals surface area contributed by atoms with E-state index in [1.54, 1.807) is 11.0 Å². The van der Waals surface area contributed by atoms with Crippen molar-refractivity contribution in [1.29, 1.82) is 0 Å². The second kappa shape index (κ2) is 7.36. The molecule has 0 saturated carbocycles. The van der Waals surface area contributed by atoms with Crippen LogP contribution in [0.25, 0.3) is 0 Å². The number of alkyl halides is 1. The lowest BCUT2D eigenvalue weighted by molar-refractivity contribution is -0.136. The molecule has 2 fully saturated rings. The van der Waals surface area contributed by atoms with Gasteiger partial charge in [-0.2, -0.15) is 0 Å². The van der Waals surface area contributed by atoms with Gasteiger partial charge in [-0.1, -0.05) is 12.1 Å². The normalized spacial score (nSPS) is 27.8. The lowest BCUT2D eigenvalue weighted by atomic mass is 10.0. The number of imide groups is 1. The van der Waals surface area contributed by atoms with Gasteiger partial charge < -0.3 is 15.5 Å². The molecule has 0 aliphatic carbocycles. The summed E-state index contributed by atoms with van der Waals surface area (Å²) in [6.45, 7) is 2.12. The average molecular weight is 374 g/mol. The van der Waals surface area contributed by atoms with Gasteiger partial charge in [-0.25, -0.2) is 4.39 Å². The molecule has 4 rings (SSSR count). The van der Waals surface area contributed by atoms with Crippen molar-refractivity contribution in [2.75, 3.05) is 13.1 Å². The van der Waals surface area contributed by atoms with Crippen LogP contribution in [-0.2, 0) is 22.7 Å². The topological polar surface area (TPSA) is 90.5 Å². The van der Waals surface area contributed by atoms with Crippen LogP contribution in [0.5, 0.6) is 0 Å². The number of carbonyl (C=O) groups is 3. The zero-order valence-electron chi connectivity index (χ0n) is 15.0. The number of fused-ring (bicyclic) bond motifs is 1. The summed E-state index contributed by atoms with van der Waals surface area (Å²) in [5.74, 6) is -0.850. The zero-order valence-corrected chi connectivity index (χ0v) is 15.0. The number of nitrogens with zero attached hydrogens (tertiary/aromatic N) is 1. The third-order valence-electron chi connectivity index (χ3n) is 5.48. The maximum Gasteiger partial charge on any atom is 0.255 e. The molecule has 3 aliphatic heterocycles. The van der Waals surface area contributed by atoms with E-state index in [4.69, 9.17) is 0 Å². The molecule has 3 atom stereocenters. The van der Waals surface area contributed by atoms with Gasteiger partial charge in [0, 0.05) is 44.2 Å². The molecule has 1 aromatic rings. The van der Waals surface area contributed by atoms with E-state index in [1.807, 2.05) is 12.1 Å². The largest absolute Gasteiger partial charge is 0.322 e. The quantitative estimate of drug-likeness (QED) is 0.643. The molecular formula is C19H23FN4O3. The Kier molecular flexibility index (Phi) is 4.92. The number of amides is 3. The maximum absolute atomic E-state index is 13.2. The zero-order chi connectivity index (χ0) is 19.0. The fraction of sp³-hybridized carbons (Fsp3) is 0.526. The molecule has 8 heteroatoms. The first-order valence-corrected chi connectivity index (χ1v) is 9.36. The molecule has 0 radical (unpaired) electrons. The standard InChI is InChI=1S/C19H23FN4O3/c20-13-6-14(22-8-13)9-21-7-11-1-2-15-12(5-11)10-24(19(15)27)16-3-4-17(25)23-18(16)26/h1-2,5,13-14,16,21-22H,3-4,6-10H2,(H,23,25,26)/t13-,14-,16?/m0/s1. The molecule has 27 heavy (non-hydrogen) atoms. The molecule has 1 aromatic carbocycles. The lowest BCUT2D eigenvalue weighted by Crippen LogP contribution is -2.52. The molecule has 0 spiro atoms. The van der Waals surface area contributed by atoms with Gasteiger partial charge in [0.15, 0.2) is 0 Å². The monoisotopic (exact) mass is 374 g/mol. The van der Waals surface area contributed by atoms with Crippen LogP contribution in [-0.4, -0.2) is 54.0 Å². The predicted molar refractivity (Wildman–Crippen MR) is 95.5 cm³/mol. The number of nitrogens with one attached hydrogen (secondary N) is 3. The smallest absolute Gasteiger partial charge is 0.255 e. The van der Waals surface area contributed by atoms with Crippen molar-refractivity contribution < 1.29 is 18.8 Å². The van der Waals surface area contributed by atoms with E-state index < -0.39 is 18.1 Å². The van der Waals surface area contributed by atoms with Gasteiger partial charge in [0.2, 0.25) is 11.8 Å². The van der Waals surface area contributed by atoms with Crippen LogP contribution >= 0.6 is 0 Å². The maximum atomic E-state index is 13.2. The number of piperidine rings is 1. The minimum absolute atomic E-state index is 0.152. The minimum atomic E-state index is -0.763. The highest BCUT2D eigenvalue weighted by Gasteiger charge is 2.39. The summed E-state index contributed by atoms with van der Waals surface area (Å²) in [5.41, 5.74) is 2.55. The van der Waals surface area contributed by atoms with Gasteiger partial charge in [0.25, 0.3) is 5.91 Å². The van der Waals surface area contributed by atoms with Gasteiger partial charge in [-0.15, -0.1) is 0 Å². The van der Waals surface area contributed by atoms with E-state index in [2.05, 4.69) is 16.0 Å². The molecule has 2 saturated heterocycles. The molecule has 7 nitrogen and oxygen atoms in total. The van der Waals surface area contributed by atoms with Crippen LogP contribution in [0.1, 0.15) is 40.7 Å². The summed E-state index contributed by atoms with van der Waals surface area (Å²) >= 11 is 0. The SMILES string of the molecule is O=C1CCC(N2Cc3cc(CNC[C@@H]4C[C@H](F)CN4)ccc3C2=O)C(=O)N1. The molecule has 1 unspecified atom stereocenters. The van der Waals surface area contributed by atoms with Crippen molar-refractivity contribution in [1.82, 2.24) is 20.9 Å². The van der Waals surface area contributed by atoms with Gasteiger partial charge in [0.1, 0.15) is 12.2 Å². The second-order valence-electron chi connectivity index (χ2n) is 7.46. The molecule has 3 amide bonds. The van der Waals surface area contributed by atoms with Crippen molar-refractivity contribution in [2.45, 2.75) is 50.6 Å². The number of halogens is 1. The highest BCUT2D eigenvalue weighted by molar-refractivity contribution is 6.05. The Bertz CT molecular complexity index is 784. The Balaban J connectivity index is 1.37. The average Bonchev–Trinajstić information content (AvgIpc) is 3.18. The summed E-state index contributed by atoms with van der Waals surface area (Å²) in [4.78, 5) is 37.6. The number of rotatable bonds is 5. The van der Waals surface area contributed by atoms with Crippen molar-refractivity contribution in [3.8, 4) is 0 Å². The summed E-state index contributed by atoms with van der Waals surface area (Å²) in [6.07, 6.45) is 0.386. The molecule has 144 valence electrons. The van der Waals surface area contributed by atoms with E-state index in [0.717, 1.165) is 11.1 Å². The highest BCUT2D eigenvalue weighted by Crippen LogP contribution is 2.28. The number of hydrogen-bond acceptors (Lipinski definition) is 5. The molecule has 3 N–H and O–H groups in total. The van der Waals surface area contributed by atoms with Crippen molar-refractivity contribution in [3.05, 3.63) is 34.9 Å². The van der Waals surface area contributed by atoms with Gasteiger partial charge >= 0.3 is 0 Å². The Labute approximate surface area is 156 Å². The van der Waals surface area contributed by atoms with Gasteiger partial charge in [0.05, 0.1) is 0 Å². The third-order valence-corrected chi connectivity index (χ3v) is 5.48. The Morgan fingerprint density at radius 2 is 2.11 bits per heavy atom. The van der Waals surface area contributed by atoms with Crippen LogP contribution in [0, 0.1) is 0 Å². The van der Waals surface area contributed by atoms with E-state index >= 15 is 0 Å². The van der Waals surface area contributed by atoms with Crippen LogP contribution < -0.4 is 16.0 Å². The molecule has 0 aromatic heterocycles. The van der Waals surface area contributed by atoms with E-state index in [1.165, 1.54) is 0 Å². The molecular weight excluding hydrogens is 351 g/mol. The minimum Gasteiger partial charge on any atom is -0.322 e. The first kappa shape index (κ1) is 18.1. The van der Waals surface area contributed by atoms with Crippen molar-refractivity contribution in [3.63, 3.8) is 0 Å². The van der Waals surface area contributed by atoms with E-state index in [0.29, 0.717) is 44.6 Å². The van der Waals surface area contributed by atoms with E-state index in [9.17, 15) is 18.8 Å². The Hall–Kier alpha value is -2.32. The lowest BCUT2D eigenvalue weighted by Gasteiger charge is -2.29. The van der Waals surface area contributed by atoms with Crippen LogP contribution in [0.15, 0.2) is 18.2 Å². The van der Waals surface area contributed by atoms with Crippen LogP contribution in [0.3, 0.4) is 0 Å². The number of benzene rings is 1. The Morgan fingerprint density at radius 1 is 1.26 bits per heavy atom. The van der Waals surface area contributed by atoms with E-state index in [-0.39, 0.29) is 24.3 Å². The van der Waals surface area contributed by atoms with Crippen molar-refractivity contribution >= 4 is 17.7 Å². The third kappa shape index (κ3) is 3.72. The summed E-state index contributed by atoms with van der Waals surface area (Å²) in [6, 6.07) is 5.24. The summed E-state index contributed by atoms with van der Waals surface area (Å²) < 4.78 is 13.2. The molecule has 3 heterocycles. The fourth-order valence-corrected chi connectivity index (χ4v) is 4.05. The van der Waals surface area contributed by atoms with Crippen LogP contribution in [0.2, 0.25) is 0 Å². The predicted octanol–water partition coefficient (Wildman–Crippen LogP) is 0.237. The summed E-state index contributed by atoms with van der Waals surface area (Å²) in [7, 11) is 0. The first-order chi connectivity index (χ1) is 13.0. The van der Waals surface area contributed by atoms with Gasteiger partial charge in [-0.05, 0) is 30.0 Å². The first-order valence-electron chi connectivity index (χ1n) is 9.36. The molecule has 3 aliphatic rings.